The van der Waals surface area contributed by atoms with Crippen LogP contribution in [0, 0.1) is 12.3 Å². The van der Waals surface area contributed by atoms with Crippen LogP contribution < -0.4 is 0 Å². The molecule has 0 amide bonds. The highest BCUT2D eigenvalue weighted by atomic mass is 35.5. The highest BCUT2D eigenvalue weighted by Gasteiger charge is 2.39. The van der Waals surface area contributed by atoms with Crippen molar-refractivity contribution in [3.05, 3.63) is 11.5 Å². The lowest BCUT2D eigenvalue weighted by Gasteiger charge is -2.30. The van der Waals surface area contributed by atoms with Gasteiger partial charge in [0.15, 0.2) is 5.65 Å². The Kier molecular flexibility index (Phi) is 3.12. The Morgan fingerprint density at radius 3 is 2.65 bits per heavy atom. The van der Waals surface area contributed by atoms with Crippen molar-refractivity contribution in [2.45, 2.75) is 58.4 Å². The van der Waals surface area contributed by atoms with Gasteiger partial charge in [0.25, 0.3) is 0 Å². The molecule has 1 aliphatic carbocycles. The summed E-state index contributed by atoms with van der Waals surface area (Å²) in [5.41, 5.74) is 3.38. The average Bonchev–Trinajstić information content (AvgIpc) is 2.94. The molecule has 1 aliphatic rings. The van der Waals surface area contributed by atoms with Crippen molar-refractivity contribution < 1.29 is 0 Å². The first-order chi connectivity index (χ1) is 9.33. The number of nitrogens with zero attached hydrogens (tertiary/aromatic N) is 4. The van der Waals surface area contributed by atoms with Gasteiger partial charge in [-0.2, -0.15) is 5.10 Å². The number of hydrogen-bond acceptors (Lipinski definition) is 2. The maximum Gasteiger partial charge on any atom is 0.158 e. The highest BCUT2D eigenvalue weighted by molar-refractivity contribution is 6.20. The second-order valence-corrected chi connectivity index (χ2v) is 7.39. The Labute approximate surface area is 125 Å². The first-order valence-corrected chi connectivity index (χ1v) is 7.82. The van der Waals surface area contributed by atoms with E-state index in [1.165, 1.54) is 19.3 Å². The number of rotatable bonds is 2. The second-order valence-electron chi connectivity index (χ2n) is 6.73. The molecule has 0 aromatic carbocycles. The number of aromatic nitrogens is 4. The molecule has 0 radical (unpaired) electrons. The predicted molar refractivity (Wildman–Crippen MR) is 82.2 cm³/mol. The molecule has 0 saturated heterocycles. The Morgan fingerprint density at radius 2 is 2.10 bits per heavy atom. The molecule has 2 heterocycles. The minimum atomic E-state index is -0.0850. The predicted octanol–water partition coefficient (Wildman–Crippen LogP) is 4.13. The number of imidazole rings is 1. The zero-order chi connectivity index (χ0) is 14.7. The van der Waals surface area contributed by atoms with Crippen LogP contribution in [0.25, 0.3) is 11.2 Å². The van der Waals surface area contributed by atoms with Gasteiger partial charge in [0, 0.05) is 13.1 Å². The van der Waals surface area contributed by atoms with Gasteiger partial charge in [0.2, 0.25) is 0 Å². The smallest absolute Gasteiger partial charge is 0.158 e. The molecule has 3 rings (SSSR count). The summed E-state index contributed by atoms with van der Waals surface area (Å²) in [5, 5.41) is 4.44. The summed E-state index contributed by atoms with van der Waals surface area (Å²) >= 11 is 6.40. The Hall–Kier alpha value is -1.03. The number of fused-ring (bicyclic) bond motifs is 1. The Morgan fingerprint density at radius 1 is 1.40 bits per heavy atom. The summed E-state index contributed by atoms with van der Waals surface area (Å²) in [7, 11) is 2.00. The van der Waals surface area contributed by atoms with E-state index >= 15 is 0 Å². The molecule has 110 valence electrons. The molecule has 0 spiro atoms. The van der Waals surface area contributed by atoms with Crippen LogP contribution in [0.5, 0.6) is 0 Å². The van der Waals surface area contributed by atoms with Crippen LogP contribution in [0.3, 0.4) is 0 Å². The lowest BCUT2D eigenvalue weighted by molar-refractivity contribution is 0.259. The first kappa shape index (κ1) is 13.9. The molecule has 0 aliphatic heterocycles. The summed E-state index contributed by atoms with van der Waals surface area (Å²) in [4.78, 5) is 4.79. The van der Waals surface area contributed by atoms with E-state index in [2.05, 4.69) is 23.5 Å². The van der Waals surface area contributed by atoms with Crippen molar-refractivity contribution in [1.82, 2.24) is 19.3 Å². The quantitative estimate of drug-likeness (QED) is 0.781. The number of aryl methyl sites for hydroxylation is 2. The van der Waals surface area contributed by atoms with Crippen LogP contribution in [-0.4, -0.2) is 19.3 Å². The topological polar surface area (TPSA) is 35.6 Å². The lowest BCUT2D eigenvalue weighted by atomic mass is 9.87. The normalized spacial score (nSPS) is 23.6. The summed E-state index contributed by atoms with van der Waals surface area (Å²) in [6.07, 6.45) is 3.72. The van der Waals surface area contributed by atoms with Crippen molar-refractivity contribution in [1.29, 1.82) is 0 Å². The Balaban J connectivity index is 2.29. The molecule has 4 nitrogen and oxygen atoms in total. The fourth-order valence-electron chi connectivity index (χ4n) is 3.69. The van der Waals surface area contributed by atoms with E-state index in [0.717, 1.165) is 22.7 Å². The molecule has 2 aromatic heterocycles. The first-order valence-electron chi connectivity index (χ1n) is 7.38. The van der Waals surface area contributed by atoms with Crippen molar-refractivity contribution in [3.8, 4) is 0 Å². The van der Waals surface area contributed by atoms with E-state index < -0.39 is 0 Å². The van der Waals surface area contributed by atoms with E-state index in [9.17, 15) is 0 Å². The van der Waals surface area contributed by atoms with Gasteiger partial charge in [-0.05, 0) is 32.1 Å². The van der Waals surface area contributed by atoms with Crippen LogP contribution in [0.2, 0.25) is 0 Å². The van der Waals surface area contributed by atoms with Crippen molar-refractivity contribution >= 4 is 22.8 Å². The molecule has 0 bridgehead atoms. The molecule has 2 aromatic rings. The van der Waals surface area contributed by atoms with Gasteiger partial charge >= 0.3 is 0 Å². The molecule has 20 heavy (non-hydrogen) atoms. The second kappa shape index (κ2) is 4.48. The van der Waals surface area contributed by atoms with Gasteiger partial charge in [-0.15, -0.1) is 11.6 Å². The number of halogens is 1. The van der Waals surface area contributed by atoms with Crippen molar-refractivity contribution in [2.75, 3.05) is 0 Å². The average molecular weight is 295 g/mol. The maximum absolute atomic E-state index is 6.40. The van der Waals surface area contributed by atoms with Gasteiger partial charge < -0.3 is 4.57 Å². The molecule has 2 atom stereocenters. The van der Waals surface area contributed by atoms with E-state index in [1.807, 2.05) is 25.6 Å². The standard InChI is InChI=1S/C15H23ClN4/c1-9(16)13-17-12-10(2)18-19(5)14(12)20(13)11-7-6-8-15(11,3)4/h9,11H,6-8H2,1-5H3. The molecule has 5 heteroatoms. The minimum Gasteiger partial charge on any atom is -0.308 e. The monoisotopic (exact) mass is 294 g/mol. The summed E-state index contributed by atoms with van der Waals surface area (Å²) in [6.45, 7) is 8.72. The van der Waals surface area contributed by atoms with Gasteiger partial charge in [-0.1, -0.05) is 20.3 Å². The van der Waals surface area contributed by atoms with E-state index in [1.54, 1.807) is 0 Å². The number of alkyl halides is 1. The maximum atomic E-state index is 6.40. The van der Waals surface area contributed by atoms with E-state index in [4.69, 9.17) is 16.6 Å². The summed E-state index contributed by atoms with van der Waals surface area (Å²) < 4.78 is 4.31. The molecule has 1 saturated carbocycles. The fraction of sp³-hybridized carbons (Fsp3) is 0.733. The molecule has 0 N–H and O–H groups in total. The largest absolute Gasteiger partial charge is 0.308 e. The SMILES string of the molecule is Cc1nn(C)c2c1nc(C(C)Cl)n2C1CCCC1(C)C. The summed E-state index contributed by atoms with van der Waals surface area (Å²) in [6, 6.07) is 0.457. The van der Waals surface area contributed by atoms with Gasteiger partial charge in [0.05, 0.1) is 11.1 Å². The summed E-state index contributed by atoms with van der Waals surface area (Å²) in [5.74, 6) is 0.984. The lowest BCUT2D eigenvalue weighted by Crippen LogP contribution is -2.24. The minimum absolute atomic E-state index is 0.0850. The Bertz CT molecular complexity index is 650. The zero-order valence-electron chi connectivity index (χ0n) is 12.9. The van der Waals surface area contributed by atoms with Crippen LogP contribution in [0.1, 0.15) is 63.0 Å². The molecule has 2 unspecified atom stereocenters. The highest BCUT2D eigenvalue weighted by Crippen LogP contribution is 2.48. The van der Waals surface area contributed by atoms with E-state index in [-0.39, 0.29) is 10.8 Å². The molecule has 1 fully saturated rings. The zero-order valence-corrected chi connectivity index (χ0v) is 13.7. The van der Waals surface area contributed by atoms with Gasteiger partial charge in [0.1, 0.15) is 11.3 Å². The van der Waals surface area contributed by atoms with E-state index in [0.29, 0.717) is 6.04 Å². The van der Waals surface area contributed by atoms with Gasteiger partial charge in [-0.25, -0.2) is 4.98 Å². The third-order valence-corrected chi connectivity index (χ3v) is 4.93. The molecular formula is C15H23ClN4. The number of hydrogen-bond donors (Lipinski definition) is 0. The van der Waals surface area contributed by atoms with Crippen LogP contribution in [-0.2, 0) is 7.05 Å². The third-order valence-electron chi connectivity index (χ3n) is 4.73. The van der Waals surface area contributed by atoms with Crippen LogP contribution in [0.4, 0.5) is 0 Å². The molecular weight excluding hydrogens is 272 g/mol. The third kappa shape index (κ3) is 1.88. The fourth-order valence-corrected chi connectivity index (χ4v) is 3.84. The van der Waals surface area contributed by atoms with Crippen molar-refractivity contribution in [2.24, 2.45) is 12.5 Å². The van der Waals surface area contributed by atoms with Crippen LogP contribution in [0.15, 0.2) is 0 Å². The van der Waals surface area contributed by atoms with Crippen LogP contribution >= 0.6 is 11.6 Å². The van der Waals surface area contributed by atoms with Gasteiger partial charge in [-0.3, -0.25) is 4.68 Å². The van der Waals surface area contributed by atoms with Crippen molar-refractivity contribution in [3.63, 3.8) is 0 Å².